The highest BCUT2D eigenvalue weighted by Gasteiger charge is 2.25. The third kappa shape index (κ3) is 4.65. The van der Waals surface area contributed by atoms with Crippen LogP contribution >= 0.6 is 0 Å². The van der Waals surface area contributed by atoms with Gasteiger partial charge in [-0.1, -0.05) is 57.4 Å². The normalized spacial score (nSPS) is 16.5. The molecule has 0 aromatic heterocycles. The molecule has 0 amide bonds. The summed E-state index contributed by atoms with van der Waals surface area (Å²) >= 11 is 0. The second-order valence-electron chi connectivity index (χ2n) is 5.98. The first kappa shape index (κ1) is 14.6. The van der Waals surface area contributed by atoms with Crippen molar-refractivity contribution in [1.82, 2.24) is 5.32 Å². The molecule has 1 nitrogen and oxygen atoms in total. The van der Waals surface area contributed by atoms with Crippen LogP contribution in [0.25, 0.3) is 0 Å². The average molecular weight is 259 g/mol. The first-order valence-corrected chi connectivity index (χ1v) is 8.16. The Morgan fingerprint density at radius 2 is 1.89 bits per heavy atom. The molecule has 0 aliphatic heterocycles. The molecule has 1 fully saturated rings. The molecule has 0 heterocycles. The minimum absolute atomic E-state index is 0.706. The van der Waals surface area contributed by atoms with Crippen LogP contribution in [0.1, 0.15) is 75.8 Å². The lowest BCUT2D eigenvalue weighted by Gasteiger charge is -2.19. The zero-order valence-electron chi connectivity index (χ0n) is 12.6. The Kier molecular flexibility index (Phi) is 5.91. The van der Waals surface area contributed by atoms with E-state index in [4.69, 9.17) is 0 Å². The summed E-state index contributed by atoms with van der Waals surface area (Å²) in [4.78, 5) is 0. The van der Waals surface area contributed by atoms with E-state index in [1.54, 1.807) is 5.56 Å². The summed E-state index contributed by atoms with van der Waals surface area (Å²) in [5.74, 6) is 0.860. The van der Waals surface area contributed by atoms with Crippen LogP contribution < -0.4 is 5.32 Å². The maximum atomic E-state index is 3.79. The number of benzene rings is 1. The van der Waals surface area contributed by atoms with E-state index in [1.807, 2.05) is 0 Å². The van der Waals surface area contributed by atoms with Gasteiger partial charge in [0.15, 0.2) is 0 Å². The van der Waals surface area contributed by atoms with Crippen LogP contribution in [0.2, 0.25) is 0 Å². The quantitative estimate of drug-likeness (QED) is 0.657. The van der Waals surface area contributed by atoms with Crippen molar-refractivity contribution in [2.45, 2.75) is 77.3 Å². The van der Waals surface area contributed by atoms with Gasteiger partial charge < -0.3 is 5.32 Å². The van der Waals surface area contributed by atoms with E-state index >= 15 is 0 Å². The zero-order chi connectivity index (χ0) is 13.5. The van der Waals surface area contributed by atoms with Crippen molar-refractivity contribution in [3.05, 3.63) is 35.4 Å². The molecular weight excluding hydrogens is 230 g/mol. The van der Waals surface area contributed by atoms with Crippen LogP contribution in [0.5, 0.6) is 0 Å². The molecule has 1 aliphatic rings. The largest absolute Gasteiger partial charge is 0.310 e. The topological polar surface area (TPSA) is 12.0 Å². The Morgan fingerprint density at radius 3 is 2.58 bits per heavy atom. The second kappa shape index (κ2) is 7.69. The molecule has 0 saturated heterocycles. The maximum Gasteiger partial charge on any atom is 0.0210 e. The summed E-state index contributed by atoms with van der Waals surface area (Å²) in [6.45, 7) is 5.63. The van der Waals surface area contributed by atoms with Gasteiger partial charge in [-0.05, 0) is 42.7 Å². The van der Waals surface area contributed by atoms with Gasteiger partial charge in [-0.15, -0.1) is 0 Å². The van der Waals surface area contributed by atoms with Crippen LogP contribution in [-0.2, 0) is 6.54 Å². The van der Waals surface area contributed by atoms with E-state index in [1.165, 1.54) is 50.5 Å². The van der Waals surface area contributed by atoms with Gasteiger partial charge in [-0.25, -0.2) is 0 Å². The van der Waals surface area contributed by atoms with Crippen molar-refractivity contribution in [2.24, 2.45) is 0 Å². The van der Waals surface area contributed by atoms with E-state index < -0.39 is 0 Å². The molecule has 1 aromatic carbocycles. The molecule has 0 spiro atoms. The molecule has 1 N–H and O–H groups in total. The molecule has 1 saturated carbocycles. The monoisotopic (exact) mass is 259 g/mol. The molecule has 1 atom stereocenters. The lowest BCUT2D eigenvalue weighted by Crippen LogP contribution is -2.28. The number of hydrogen-bond acceptors (Lipinski definition) is 1. The van der Waals surface area contributed by atoms with Gasteiger partial charge in [0, 0.05) is 12.6 Å². The van der Waals surface area contributed by atoms with E-state index in [-0.39, 0.29) is 0 Å². The molecule has 1 heteroatoms. The van der Waals surface area contributed by atoms with Crippen LogP contribution in [0, 0.1) is 0 Å². The lowest BCUT2D eigenvalue weighted by atomic mass is 10.0. The third-order valence-corrected chi connectivity index (χ3v) is 4.20. The molecule has 0 bridgehead atoms. The molecule has 106 valence electrons. The molecule has 1 aromatic rings. The van der Waals surface area contributed by atoms with Crippen LogP contribution in [-0.4, -0.2) is 6.04 Å². The van der Waals surface area contributed by atoms with Gasteiger partial charge in [-0.3, -0.25) is 0 Å². The van der Waals surface area contributed by atoms with Crippen molar-refractivity contribution in [3.63, 3.8) is 0 Å². The van der Waals surface area contributed by atoms with Gasteiger partial charge in [0.1, 0.15) is 0 Å². The highest BCUT2D eigenvalue weighted by molar-refractivity contribution is 5.33. The van der Waals surface area contributed by atoms with Crippen molar-refractivity contribution in [3.8, 4) is 0 Å². The summed E-state index contributed by atoms with van der Waals surface area (Å²) in [5, 5.41) is 3.79. The Labute approximate surface area is 118 Å². The minimum atomic E-state index is 0.706. The molecule has 2 rings (SSSR count). The average Bonchev–Trinajstić information content (AvgIpc) is 3.27. The van der Waals surface area contributed by atoms with Gasteiger partial charge in [-0.2, -0.15) is 0 Å². The lowest BCUT2D eigenvalue weighted by molar-refractivity contribution is 0.433. The van der Waals surface area contributed by atoms with E-state index in [0.29, 0.717) is 6.04 Å². The Hall–Kier alpha value is -0.820. The molecular formula is C18H29N. The number of hydrogen-bond donors (Lipinski definition) is 1. The summed E-state index contributed by atoms with van der Waals surface area (Å²) in [7, 11) is 0. The third-order valence-electron chi connectivity index (χ3n) is 4.20. The fraction of sp³-hybridized carbons (Fsp3) is 0.667. The highest BCUT2D eigenvalue weighted by Crippen LogP contribution is 2.41. The van der Waals surface area contributed by atoms with E-state index in [0.717, 1.165) is 12.5 Å². The van der Waals surface area contributed by atoms with Crippen LogP contribution in [0.4, 0.5) is 0 Å². The van der Waals surface area contributed by atoms with Crippen LogP contribution in [0.15, 0.2) is 24.3 Å². The highest BCUT2D eigenvalue weighted by atomic mass is 14.9. The molecule has 19 heavy (non-hydrogen) atoms. The van der Waals surface area contributed by atoms with E-state index in [9.17, 15) is 0 Å². The summed E-state index contributed by atoms with van der Waals surface area (Å²) in [6, 6.07) is 9.72. The van der Waals surface area contributed by atoms with E-state index in [2.05, 4.69) is 43.4 Å². The smallest absolute Gasteiger partial charge is 0.0210 e. The first-order chi connectivity index (χ1) is 9.35. The summed E-state index contributed by atoms with van der Waals surface area (Å²) < 4.78 is 0. The number of nitrogens with one attached hydrogen (secondary N) is 1. The minimum Gasteiger partial charge on any atom is -0.310 e. The molecule has 0 radical (unpaired) electrons. The van der Waals surface area contributed by atoms with Crippen molar-refractivity contribution in [1.29, 1.82) is 0 Å². The van der Waals surface area contributed by atoms with Gasteiger partial charge >= 0.3 is 0 Å². The van der Waals surface area contributed by atoms with Crippen molar-refractivity contribution < 1.29 is 0 Å². The Morgan fingerprint density at radius 1 is 1.11 bits per heavy atom. The maximum absolute atomic E-state index is 3.79. The predicted molar refractivity (Wildman–Crippen MR) is 83.5 cm³/mol. The SMILES string of the molecule is CCCCC(CCC)NCc1ccccc1C1CC1. The number of rotatable bonds is 9. The fourth-order valence-electron chi connectivity index (χ4n) is 2.89. The Balaban J connectivity index is 1.88. The fourth-order valence-corrected chi connectivity index (χ4v) is 2.89. The number of unbranched alkanes of at least 4 members (excludes halogenated alkanes) is 1. The second-order valence-corrected chi connectivity index (χ2v) is 5.98. The molecule has 1 aliphatic carbocycles. The molecule has 1 unspecified atom stereocenters. The van der Waals surface area contributed by atoms with Crippen LogP contribution in [0.3, 0.4) is 0 Å². The Bertz CT molecular complexity index is 368. The first-order valence-electron chi connectivity index (χ1n) is 8.16. The summed E-state index contributed by atoms with van der Waals surface area (Å²) in [5.41, 5.74) is 3.13. The van der Waals surface area contributed by atoms with Crippen molar-refractivity contribution in [2.75, 3.05) is 0 Å². The summed E-state index contributed by atoms with van der Waals surface area (Å²) in [6.07, 6.45) is 9.37. The predicted octanol–water partition coefficient (Wildman–Crippen LogP) is 5.01. The van der Waals surface area contributed by atoms with Gasteiger partial charge in [0.2, 0.25) is 0 Å². The van der Waals surface area contributed by atoms with Gasteiger partial charge in [0.05, 0.1) is 0 Å². The van der Waals surface area contributed by atoms with Crippen molar-refractivity contribution >= 4 is 0 Å². The van der Waals surface area contributed by atoms with Gasteiger partial charge in [0.25, 0.3) is 0 Å². The standard InChI is InChI=1S/C18H29N/c1-3-5-10-17(8-4-2)19-14-16-9-6-7-11-18(16)15-12-13-15/h6-7,9,11,15,17,19H,3-5,8,10,12-14H2,1-2H3. The zero-order valence-corrected chi connectivity index (χ0v) is 12.6.